The SMILES string of the molecule is NC(=O)c1sc2nc(C(F)(F)F)cc(-c3ccccc3)c2c1NC(=O)c1ccc(COc2ccc([N+](=O)[O-])cc2Cl)o1. The molecule has 0 aliphatic rings. The molecule has 15 heteroatoms. The summed E-state index contributed by atoms with van der Waals surface area (Å²) in [6, 6.07) is 15.3. The van der Waals surface area contributed by atoms with Crippen LogP contribution in [0.15, 0.2) is 71.1 Å². The van der Waals surface area contributed by atoms with Crippen molar-refractivity contribution < 1.29 is 36.8 Å². The minimum Gasteiger partial charge on any atom is -0.484 e. The van der Waals surface area contributed by atoms with Crippen molar-refractivity contribution in [1.29, 1.82) is 0 Å². The number of nitrogens with zero attached hydrogens (tertiary/aromatic N) is 2. The van der Waals surface area contributed by atoms with Crippen LogP contribution in [0.4, 0.5) is 24.5 Å². The number of amides is 2. The normalized spacial score (nSPS) is 11.4. The van der Waals surface area contributed by atoms with Gasteiger partial charge in [0.25, 0.3) is 17.5 Å². The zero-order chi connectivity index (χ0) is 30.2. The van der Waals surface area contributed by atoms with E-state index in [0.717, 1.165) is 12.1 Å². The topological polar surface area (TPSA) is 151 Å². The van der Waals surface area contributed by atoms with E-state index < -0.39 is 28.6 Å². The molecule has 5 aromatic rings. The van der Waals surface area contributed by atoms with Crippen LogP contribution in [0.3, 0.4) is 0 Å². The molecule has 0 bridgehead atoms. The number of benzene rings is 2. The van der Waals surface area contributed by atoms with E-state index in [0.29, 0.717) is 16.9 Å². The van der Waals surface area contributed by atoms with Crippen molar-refractivity contribution in [3.05, 3.63) is 104 Å². The second-order valence-electron chi connectivity index (χ2n) is 8.65. The Balaban J connectivity index is 1.46. The first-order valence-corrected chi connectivity index (χ1v) is 13.0. The van der Waals surface area contributed by atoms with E-state index in [1.54, 1.807) is 30.3 Å². The molecule has 2 amide bonds. The van der Waals surface area contributed by atoms with Crippen LogP contribution in [0.5, 0.6) is 5.75 Å². The number of hydrogen-bond acceptors (Lipinski definition) is 8. The monoisotopic (exact) mass is 616 g/mol. The summed E-state index contributed by atoms with van der Waals surface area (Å²) in [6.07, 6.45) is -4.77. The van der Waals surface area contributed by atoms with Gasteiger partial charge in [0.2, 0.25) is 0 Å². The van der Waals surface area contributed by atoms with Gasteiger partial charge in [0.15, 0.2) is 5.76 Å². The number of aromatic nitrogens is 1. The van der Waals surface area contributed by atoms with Crippen LogP contribution in [0.1, 0.15) is 31.7 Å². The van der Waals surface area contributed by atoms with Gasteiger partial charge < -0.3 is 20.2 Å². The number of nitrogens with one attached hydrogen (secondary N) is 1. The summed E-state index contributed by atoms with van der Waals surface area (Å²) >= 11 is 6.64. The van der Waals surface area contributed by atoms with Crippen molar-refractivity contribution in [3.63, 3.8) is 0 Å². The minimum atomic E-state index is -4.77. The summed E-state index contributed by atoms with van der Waals surface area (Å²) in [4.78, 5) is 39.1. The predicted molar refractivity (Wildman–Crippen MR) is 148 cm³/mol. The fourth-order valence-corrected chi connectivity index (χ4v) is 5.24. The highest BCUT2D eigenvalue weighted by Crippen LogP contribution is 2.43. The number of pyridine rings is 1. The van der Waals surface area contributed by atoms with Crippen molar-refractivity contribution >= 4 is 56.3 Å². The van der Waals surface area contributed by atoms with Gasteiger partial charge in [0.1, 0.15) is 33.5 Å². The Bertz CT molecular complexity index is 1860. The summed E-state index contributed by atoms with van der Waals surface area (Å²) in [5, 5.41) is 13.5. The number of anilines is 1. The quantitative estimate of drug-likeness (QED) is 0.140. The van der Waals surface area contributed by atoms with Crippen molar-refractivity contribution in [3.8, 4) is 16.9 Å². The van der Waals surface area contributed by atoms with Gasteiger partial charge in [-0.15, -0.1) is 11.3 Å². The molecule has 214 valence electrons. The zero-order valence-corrected chi connectivity index (χ0v) is 22.5. The van der Waals surface area contributed by atoms with Crippen molar-refractivity contribution in [1.82, 2.24) is 4.98 Å². The lowest BCUT2D eigenvalue weighted by Gasteiger charge is -2.12. The van der Waals surface area contributed by atoms with Gasteiger partial charge >= 0.3 is 6.18 Å². The fraction of sp³-hybridized carbons (Fsp3) is 0.0741. The van der Waals surface area contributed by atoms with E-state index in [-0.39, 0.29) is 60.9 Å². The van der Waals surface area contributed by atoms with E-state index in [4.69, 9.17) is 26.5 Å². The van der Waals surface area contributed by atoms with Crippen LogP contribution in [-0.2, 0) is 12.8 Å². The third-order valence-electron chi connectivity index (χ3n) is 5.88. The third kappa shape index (κ3) is 5.75. The number of non-ortho nitro benzene ring substituents is 1. The van der Waals surface area contributed by atoms with Gasteiger partial charge in [0, 0.05) is 17.5 Å². The number of thiophene rings is 1. The number of ether oxygens (including phenoxy) is 1. The van der Waals surface area contributed by atoms with E-state index >= 15 is 0 Å². The Labute approximate surface area is 242 Å². The molecule has 0 saturated carbocycles. The highest BCUT2D eigenvalue weighted by atomic mass is 35.5. The average Bonchev–Trinajstić information content (AvgIpc) is 3.57. The van der Waals surface area contributed by atoms with E-state index in [2.05, 4.69) is 10.3 Å². The molecule has 0 unspecified atom stereocenters. The number of carbonyl (C=O) groups excluding carboxylic acids is 2. The number of alkyl halides is 3. The maximum Gasteiger partial charge on any atom is 0.433 e. The molecule has 2 aromatic carbocycles. The zero-order valence-electron chi connectivity index (χ0n) is 20.9. The second kappa shape index (κ2) is 11.1. The smallest absolute Gasteiger partial charge is 0.433 e. The molecule has 0 atom stereocenters. The maximum absolute atomic E-state index is 13.7. The molecule has 3 N–H and O–H groups in total. The first-order chi connectivity index (χ1) is 19.9. The summed E-state index contributed by atoms with van der Waals surface area (Å²) in [5.41, 5.74) is 4.49. The number of nitro benzene ring substituents is 1. The lowest BCUT2D eigenvalue weighted by atomic mass is 10.0. The molecule has 3 aromatic heterocycles. The number of primary amides is 1. The summed E-state index contributed by atoms with van der Waals surface area (Å²) in [6.45, 7) is -0.193. The largest absolute Gasteiger partial charge is 0.484 e. The van der Waals surface area contributed by atoms with E-state index in [9.17, 15) is 32.9 Å². The molecule has 10 nitrogen and oxygen atoms in total. The van der Waals surface area contributed by atoms with Gasteiger partial charge in [0.05, 0.1) is 15.6 Å². The van der Waals surface area contributed by atoms with Crippen LogP contribution in [0.25, 0.3) is 21.3 Å². The number of nitro groups is 1. The summed E-state index contributed by atoms with van der Waals surface area (Å²) < 4.78 is 52.1. The van der Waals surface area contributed by atoms with Crippen LogP contribution < -0.4 is 15.8 Å². The second-order valence-corrected chi connectivity index (χ2v) is 10.1. The van der Waals surface area contributed by atoms with Crippen molar-refractivity contribution in [2.24, 2.45) is 5.73 Å². The molecule has 0 fully saturated rings. The minimum absolute atomic E-state index is 0.00597. The molecule has 0 radical (unpaired) electrons. The number of halogens is 4. The maximum atomic E-state index is 13.7. The highest BCUT2D eigenvalue weighted by Gasteiger charge is 2.35. The molecular weight excluding hydrogens is 601 g/mol. The van der Waals surface area contributed by atoms with Gasteiger partial charge in [-0.3, -0.25) is 19.7 Å². The highest BCUT2D eigenvalue weighted by molar-refractivity contribution is 7.21. The number of hydrogen-bond donors (Lipinski definition) is 2. The Morgan fingerprint density at radius 3 is 2.50 bits per heavy atom. The molecule has 0 aliphatic carbocycles. The molecule has 0 saturated heterocycles. The summed E-state index contributed by atoms with van der Waals surface area (Å²) in [5.74, 6) is -1.69. The molecule has 5 rings (SSSR count). The number of rotatable bonds is 8. The number of fused-ring (bicyclic) bond motifs is 1. The first-order valence-electron chi connectivity index (χ1n) is 11.8. The molecule has 0 aliphatic heterocycles. The van der Waals surface area contributed by atoms with Crippen LogP contribution in [0.2, 0.25) is 5.02 Å². The standard InChI is InChI=1S/C27H16ClF3N4O6S/c28-17-10-14(35(38)39)6-8-18(17)40-12-15-7-9-19(41-15)25(37)34-22-21-16(13-4-2-1-3-5-13)11-20(27(29,30)31)33-26(21)42-23(22)24(32)36/h1-11H,12H2,(H2,32,36)(H,34,37). The fourth-order valence-electron chi connectivity index (χ4n) is 4.00. The number of carbonyl (C=O) groups is 2. The average molecular weight is 617 g/mol. The molecule has 42 heavy (non-hydrogen) atoms. The van der Waals surface area contributed by atoms with Crippen molar-refractivity contribution in [2.75, 3.05) is 5.32 Å². The van der Waals surface area contributed by atoms with Crippen LogP contribution in [-0.4, -0.2) is 21.7 Å². The molecular formula is C27H16ClF3N4O6S. The third-order valence-corrected chi connectivity index (χ3v) is 7.27. The molecule has 3 heterocycles. The Morgan fingerprint density at radius 1 is 1.12 bits per heavy atom. The van der Waals surface area contributed by atoms with Crippen LogP contribution >= 0.6 is 22.9 Å². The van der Waals surface area contributed by atoms with Crippen LogP contribution in [0, 0.1) is 10.1 Å². The van der Waals surface area contributed by atoms with Gasteiger partial charge in [-0.2, -0.15) is 13.2 Å². The Morgan fingerprint density at radius 2 is 1.86 bits per heavy atom. The predicted octanol–water partition coefficient (Wildman–Crippen LogP) is 7.07. The lowest BCUT2D eigenvalue weighted by molar-refractivity contribution is -0.384. The molecule has 0 spiro atoms. The lowest BCUT2D eigenvalue weighted by Crippen LogP contribution is -2.16. The van der Waals surface area contributed by atoms with Gasteiger partial charge in [-0.05, 0) is 35.4 Å². The number of nitrogens with two attached hydrogens (primary N) is 1. The Kier molecular flexibility index (Phi) is 7.58. The Hall–Kier alpha value is -4.95. The summed E-state index contributed by atoms with van der Waals surface area (Å²) in [7, 11) is 0. The van der Waals surface area contributed by atoms with E-state index in [1.807, 2.05) is 0 Å². The number of furan rings is 1. The van der Waals surface area contributed by atoms with E-state index in [1.165, 1.54) is 24.3 Å². The van der Waals surface area contributed by atoms with Crippen molar-refractivity contribution in [2.45, 2.75) is 12.8 Å². The first kappa shape index (κ1) is 28.6. The van der Waals surface area contributed by atoms with Gasteiger partial charge in [-0.1, -0.05) is 41.9 Å². The van der Waals surface area contributed by atoms with Gasteiger partial charge in [-0.25, -0.2) is 4.98 Å².